The summed E-state index contributed by atoms with van der Waals surface area (Å²) in [5.41, 5.74) is -2.13. The van der Waals surface area contributed by atoms with E-state index in [1.165, 1.54) is 18.2 Å². The number of benzene rings is 2. The average Bonchev–Trinajstić information content (AvgIpc) is 2.98. The Kier molecular flexibility index (Phi) is 4.88. The van der Waals surface area contributed by atoms with Gasteiger partial charge in [0.1, 0.15) is 24.2 Å². The van der Waals surface area contributed by atoms with E-state index in [0.717, 1.165) is 18.4 Å². The Labute approximate surface area is 177 Å². The number of nitriles is 2. The zero-order valence-corrected chi connectivity index (χ0v) is 17.2. The fourth-order valence-corrected chi connectivity index (χ4v) is 5.74. The minimum atomic E-state index is -3.85. The highest BCUT2D eigenvalue weighted by Gasteiger charge is 2.50. The van der Waals surface area contributed by atoms with Crippen molar-refractivity contribution >= 4 is 9.84 Å². The summed E-state index contributed by atoms with van der Waals surface area (Å²) in [6.07, 6.45) is -2.86. The van der Waals surface area contributed by atoms with Crippen LogP contribution in [0.1, 0.15) is 64.4 Å². The zero-order chi connectivity index (χ0) is 22.7. The number of aliphatic hydroxyl groups is 1. The highest BCUT2D eigenvalue weighted by molar-refractivity contribution is 7.90. The minimum absolute atomic E-state index is 0.0240. The molecule has 0 radical (unpaired) electrons. The van der Waals surface area contributed by atoms with Crippen molar-refractivity contribution in [3.05, 3.63) is 63.5 Å². The van der Waals surface area contributed by atoms with Crippen LogP contribution in [0.4, 0.5) is 13.2 Å². The van der Waals surface area contributed by atoms with Gasteiger partial charge in [-0.05, 0) is 53.3 Å². The van der Waals surface area contributed by atoms with E-state index >= 15 is 4.39 Å². The molecule has 0 aliphatic heterocycles. The van der Waals surface area contributed by atoms with Crippen molar-refractivity contribution < 1.29 is 26.7 Å². The summed E-state index contributed by atoms with van der Waals surface area (Å²) in [5, 5.41) is 29.3. The van der Waals surface area contributed by atoms with Gasteiger partial charge in [0.2, 0.25) is 5.67 Å². The number of rotatable bonds is 2. The molecule has 0 aromatic heterocycles. The molecule has 2 aromatic rings. The van der Waals surface area contributed by atoms with E-state index in [-0.39, 0.29) is 45.6 Å². The van der Waals surface area contributed by atoms with E-state index in [2.05, 4.69) is 0 Å². The molecule has 0 fully saturated rings. The second-order valence-electron chi connectivity index (χ2n) is 8.04. The molecule has 2 aromatic carbocycles. The van der Waals surface area contributed by atoms with Gasteiger partial charge in [-0.1, -0.05) is 6.07 Å². The van der Waals surface area contributed by atoms with Gasteiger partial charge in [0.15, 0.2) is 9.84 Å². The molecule has 0 saturated carbocycles. The number of fused-ring (bicyclic) bond motifs is 2. The number of hydrogen-bond acceptors (Lipinski definition) is 5. The van der Waals surface area contributed by atoms with Crippen LogP contribution >= 0.6 is 0 Å². The maximum Gasteiger partial charge on any atom is 0.229 e. The number of aliphatic hydroxyl groups excluding tert-OH is 1. The van der Waals surface area contributed by atoms with Crippen LogP contribution in [0.3, 0.4) is 0 Å². The fraction of sp³-hybridized carbons (Fsp3) is 0.364. The predicted octanol–water partition coefficient (Wildman–Crippen LogP) is 3.86. The molecule has 9 heteroatoms. The maximum atomic E-state index is 15.1. The van der Waals surface area contributed by atoms with Crippen LogP contribution in [0.15, 0.2) is 29.2 Å². The first kappa shape index (κ1) is 21.4. The Hall–Kier alpha value is -2.88. The summed E-state index contributed by atoms with van der Waals surface area (Å²) in [7, 11) is -3.85. The average molecular weight is 446 g/mol. The monoisotopic (exact) mass is 446 g/mol. The van der Waals surface area contributed by atoms with Crippen molar-refractivity contribution in [3.63, 3.8) is 0 Å². The lowest BCUT2D eigenvalue weighted by Gasteiger charge is -2.31. The Balaban J connectivity index is 2.01. The third-order valence-corrected chi connectivity index (χ3v) is 7.30. The van der Waals surface area contributed by atoms with Crippen LogP contribution in [-0.2, 0) is 16.3 Å². The van der Waals surface area contributed by atoms with Gasteiger partial charge in [-0.3, -0.25) is 0 Å². The summed E-state index contributed by atoms with van der Waals surface area (Å²) in [4.78, 5) is -0.285. The van der Waals surface area contributed by atoms with Gasteiger partial charge in [-0.15, -0.1) is 0 Å². The molecule has 5 nitrogen and oxygen atoms in total. The Morgan fingerprint density at radius 1 is 1.16 bits per heavy atom. The lowest BCUT2D eigenvalue weighted by atomic mass is 9.74. The van der Waals surface area contributed by atoms with E-state index < -0.39 is 45.9 Å². The SMILES string of the molecule is CS(=O)(=O)c1ccc([C@H]2CC[C@H](F)c3cc(F)cc(C#N)c32)c2c1[C@H](O)[C@](F)(C#N)C2. The second kappa shape index (κ2) is 7.08. The van der Waals surface area contributed by atoms with Gasteiger partial charge in [-0.2, -0.15) is 10.5 Å². The number of alkyl halides is 2. The molecular weight excluding hydrogens is 429 g/mol. The highest BCUT2D eigenvalue weighted by atomic mass is 32.2. The lowest BCUT2D eigenvalue weighted by Crippen LogP contribution is -2.26. The summed E-state index contributed by atoms with van der Waals surface area (Å²) < 4.78 is 68.2. The van der Waals surface area contributed by atoms with Crippen LogP contribution < -0.4 is 0 Å². The first-order valence-corrected chi connectivity index (χ1v) is 11.4. The Bertz CT molecular complexity index is 1300. The molecule has 1 N–H and O–H groups in total. The fourth-order valence-electron chi connectivity index (χ4n) is 4.79. The molecular formula is C22H17F3N2O3S. The molecule has 2 aliphatic rings. The van der Waals surface area contributed by atoms with E-state index in [4.69, 9.17) is 0 Å². The van der Waals surface area contributed by atoms with Gasteiger partial charge < -0.3 is 5.11 Å². The van der Waals surface area contributed by atoms with E-state index in [9.17, 15) is 32.8 Å². The first-order valence-electron chi connectivity index (χ1n) is 9.53. The van der Waals surface area contributed by atoms with Crippen molar-refractivity contribution in [2.45, 2.75) is 48.0 Å². The zero-order valence-electron chi connectivity index (χ0n) is 16.4. The highest BCUT2D eigenvalue weighted by Crippen LogP contribution is 2.51. The van der Waals surface area contributed by atoms with E-state index in [0.29, 0.717) is 5.56 Å². The number of sulfone groups is 1. The maximum absolute atomic E-state index is 15.1. The molecule has 0 spiro atoms. The third kappa shape index (κ3) is 3.20. The van der Waals surface area contributed by atoms with Crippen molar-refractivity contribution in [3.8, 4) is 12.1 Å². The van der Waals surface area contributed by atoms with Gasteiger partial charge >= 0.3 is 0 Å². The smallest absolute Gasteiger partial charge is 0.229 e. The Morgan fingerprint density at radius 3 is 2.48 bits per heavy atom. The van der Waals surface area contributed by atoms with Gasteiger partial charge in [-0.25, -0.2) is 21.6 Å². The molecule has 0 heterocycles. The number of hydrogen-bond donors (Lipinski definition) is 1. The molecule has 0 amide bonds. The second-order valence-corrected chi connectivity index (χ2v) is 10.0. The molecule has 0 bridgehead atoms. The third-order valence-electron chi connectivity index (χ3n) is 6.15. The van der Waals surface area contributed by atoms with Gasteiger partial charge in [0, 0.05) is 24.2 Å². The first-order chi connectivity index (χ1) is 14.5. The normalized spacial score (nSPS) is 27.1. The van der Waals surface area contributed by atoms with Crippen molar-refractivity contribution in [1.29, 1.82) is 10.5 Å². The topological polar surface area (TPSA) is 102 Å². The molecule has 0 saturated heterocycles. The molecule has 4 rings (SSSR count). The largest absolute Gasteiger partial charge is 0.384 e. The standard InChI is InChI=1S/C22H17F3N2O3S/c1-31(29,30)18-5-3-13(16-8-22(25,10-27)21(28)20(16)18)14-2-4-17(24)15-7-12(23)6-11(9-26)19(14)15/h3,5-7,14,17,21,28H,2,4,8H2,1H3/t14-,17+,21+,22-/m1/s1. The summed E-state index contributed by atoms with van der Waals surface area (Å²) >= 11 is 0. The molecule has 0 unspecified atom stereocenters. The van der Waals surface area contributed by atoms with Crippen molar-refractivity contribution in [2.75, 3.05) is 6.26 Å². The number of halogens is 3. The number of nitrogens with zero attached hydrogens (tertiary/aromatic N) is 2. The summed E-state index contributed by atoms with van der Waals surface area (Å²) in [5.74, 6) is -1.40. The quantitative estimate of drug-likeness (QED) is 0.755. The van der Waals surface area contributed by atoms with Gasteiger partial charge in [0.05, 0.1) is 16.5 Å². The molecule has 160 valence electrons. The molecule has 31 heavy (non-hydrogen) atoms. The van der Waals surface area contributed by atoms with E-state index in [1.807, 2.05) is 6.07 Å². The van der Waals surface area contributed by atoms with Crippen molar-refractivity contribution in [1.82, 2.24) is 0 Å². The molecule has 4 atom stereocenters. The van der Waals surface area contributed by atoms with Crippen LogP contribution in [-0.4, -0.2) is 25.4 Å². The Morgan fingerprint density at radius 2 is 1.87 bits per heavy atom. The summed E-state index contributed by atoms with van der Waals surface area (Å²) in [6.45, 7) is 0. The minimum Gasteiger partial charge on any atom is -0.384 e. The van der Waals surface area contributed by atoms with Crippen molar-refractivity contribution in [2.24, 2.45) is 0 Å². The summed E-state index contributed by atoms with van der Waals surface area (Å²) in [6, 6.07) is 8.01. The van der Waals surface area contributed by atoms with E-state index in [1.54, 1.807) is 0 Å². The van der Waals surface area contributed by atoms with Crippen LogP contribution in [0.5, 0.6) is 0 Å². The molecule has 2 aliphatic carbocycles. The van der Waals surface area contributed by atoms with Gasteiger partial charge in [0.25, 0.3) is 0 Å². The van der Waals surface area contributed by atoms with Crippen LogP contribution in [0, 0.1) is 28.5 Å². The van der Waals surface area contributed by atoms with Crippen LogP contribution in [0.2, 0.25) is 0 Å². The van der Waals surface area contributed by atoms with Crippen LogP contribution in [0.25, 0.3) is 0 Å². The lowest BCUT2D eigenvalue weighted by molar-refractivity contribution is 0.0433. The predicted molar refractivity (Wildman–Crippen MR) is 104 cm³/mol.